The Balaban J connectivity index is 2.13. The van der Waals surface area contributed by atoms with Crippen molar-refractivity contribution < 1.29 is 13.9 Å². The van der Waals surface area contributed by atoms with E-state index in [4.69, 9.17) is 26.8 Å². The molecule has 0 aliphatic carbocycles. The summed E-state index contributed by atoms with van der Waals surface area (Å²) in [6.45, 7) is 2.42. The zero-order chi connectivity index (χ0) is 14.3. The van der Waals surface area contributed by atoms with Crippen molar-refractivity contribution >= 4 is 17.4 Å². The van der Waals surface area contributed by atoms with Crippen LogP contribution in [0.5, 0.6) is 11.5 Å². The second-order valence-electron chi connectivity index (χ2n) is 4.31. The van der Waals surface area contributed by atoms with Gasteiger partial charge < -0.3 is 15.2 Å². The number of aromatic nitrogens is 2. The summed E-state index contributed by atoms with van der Waals surface area (Å²) in [5.74, 6) is 0.493. The highest BCUT2D eigenvalue weighted by molar-refractivity contribution is 6.32. The zero-order valence-electron chi connectivity index (χ0n) is 10.6. The molecule has 7 heteroatoms. The van der Waals surface area contributed by atoms with Crippen molar-refractivity contribution in [2.75, 3.05) is 18.9 Å². The maximum atomic E-state index is 13.5. The van der Waals surface area contributed by atoms with Crippen molar-refractivity contribution in [2.24, 2.45) is 0 Å². The quantitative estimate of drug-likeness (QED) is 0.875. The molecule has 0 atom stereocenters. The highest BCUT2D eigenvalue weighted by Gasteiger charge is 2.19. The van der Waals surface area contributed by atoms with Crippen molar-refractivity contribution in [3.8, 4) is 22.9 Å². The van der Waals surface area contributed by atoms with E-state index in [1.807, 2.05) is 0 Å². The van der Waals surface area contributed by atoms with Gasteiger partial charge in [-0.2, -0.15) is 0 Å². The minimum absolute atomic E-state index is 0.179. The van der Waals surface area contributed by atoms with Gasteiger partial charge in [0.2, 0.25) is 0 Å². The molecule has 2 N–H and O–H groups in total. The van der Waals surface area contributed by atoms with E-state index >= 15 is 0 Å². The smallest absolute Gasteiger partial charge is 0.186 e. The largest absolute Gasteiger partial charge is 0.486 e. The van der Waals surface area contributed by atoms with E-state index in [1.54, 1.807) is 12.1 Å². The molecule has 1 aliphatic rings. The van der Waals surface area contributed by atoms with Gasteiger partial charge in [-0.05, 0) is 19.1 Å². The Morgan fingerprint density at radius 2 is 2.00 bits per heavy atom. The SMILES string of the molecule is Cc1nc(-c2cc(Cl)c3c(c2)OCCO3)nc(N)c1F. The number of nitrogens with zero attached hydrogens (tertiary/aromatic N) is 2. The number of ether oxygens (including phenoxy) is 2. The number of rotatable bonds is 1. The van der Waals surface area contributed by atoms with Gasteiger partial charge in [0.15, 0.2) is 29.0 Å². The second-order valence-corrected chi connectivity index (χ2v) is 4.72. The lowest BCUT2D eigenvalue weighted by Crippen LogP contribution is -2.15. The molecular weight excluding hydrogens is 285 g/mol. The second kappa shape index (κ2) is 4.79. The maximum Gasteiger partial charge on any atom is 0.186 e. The van der Waals surface area contributed by atoms with Crippen LogP contribution < -0.4 is 15.2 Å². The molecule has 0 radical (unpaired) electrons. The molecule has 2 heterocycles. The number of nitrogens with two attached hydrogens (primary N) is 1. The molecule has 0 spiro atoms. The molecule has 3 rings (SSSR count). The average molecular weight is 296 g/mol. The van der Waals surface area contributed by atoms with Gasteiger partial charge >= 0.3 is 0 Å². The molecule has 0 saturated heterocycles. The van der Waals surface area contributed by atoms with Crippen LogP contribution in [-0.4, -0.2) is 23.2 Å². The summed E-state index contributed by atoms with van der Waals surface area (Å²) in [6.07, 6.45) is 0. The highest BCUT2D eigenvalue weighted by atomic mass is 35.5. The van der Waals surface area contributed by atoms with E-state index in [1.165, 1.54) is 6.92 Å². The molecule has 5 nitrogen and oxygen atoms in total. The Morgan fingerprint density at radius 1 is 1.25 bits per heavy atom. The van der Waals surface area contributed by atoms with E-state index in [0.29, 0.717) is 41.1 Å². The standard InChI is InChI=1S/C13H11ClFN3O2/c1-6-10(15)12(16)18-13(17-6)7-4-8(14)11-9(5-7)19-2-3-20-11/h4-5H,2-3H2,1H3,(H2,16,17,18). The van der Waals surface area contributed by atoms with E-state index in [-0.39, 0.29) is 11.5 Å². The molecule has 0 unspecified atom stereocenters. The number of hydrogen-bond donors (Lipinski definition) is 1. The van der Waals surface area contributed by atoms with Gasteiger partial charge in [-0.1, -0.05) is 11.6 Å². The number of benzene rings is 1. The normalized spacial score (nSPS) is 13.3. The first-order valence-corrected chi connectivity index (χ1v) is 6.33. The van der Waals surface area contributed by atoms with Crippen molar-refractivity contribution in [1.29, 1.82) is 0 Å². The van der Waals surface area contributed by atoms with Crippen LogP contribution in [0.3, 0.4) is 0 Å². The number of halogens is 2. The molecule has 1 aromatic carbocycles. The molecule has 104 valence electrons. The Bertz CT molecular complexity index is 671. The minimum atomic E-state index is -0.614. The van der Waals surface area contributed by atoms with Gasteiger partial charge in [-0.3, -0.25) is 0 Å². The van der Waals surface area contributed by atoms with Crippen LogP contribution >= 0.6 is 11.6 Å². The maximum absolute atomic E-state index is 13.5. The Hall–Kier alpha value is -2.08. The fourth-order valence-electron chi connectivity index (χ4n) is 1.95. The van der Waals surface area contributed by atoms with Gasteiger partial charge in [0.1, 0.15) is 13.2 Å². The van der Waals surface area contributed by atoms with Crippen LogP contribution in [0, 0.1) is 12.7 Å². The highest BCUT2D eigenvalue weighted by Crippen LogP contribution is 2.40. The molecule has 0 amide bonds. The van der Waals surface area contributed by atoms with E-state index in [9.17, 15) is 4.39 Å². The summed E-state index contributed by atoms with van der Waals surface area (Å²) in [5, 5.41) is 0.390. The van der Waals surface area contributed by atoms with Gasteiger partial charge in [0, 0.05) is 5.56 Å². The minimum Gasteiger partial charge on any atom is -0.486 e. The first-order chi connectivity index (χ1) is 9.56. The molecule has 1 aromatic heterocycles. The summed E-state index contributed by atoms with van der Waals surface area (Å²) in [5.41, 5.74) is 6.29. The lowest BCUT2D eigenvalue weighted by molar-refractivity contribution is 0.172. The number of nitrogen functional groups attached to an aromatic ring is 1. The lowest BCUT2D eigenvalue weighted by atomic mass is 10.1. The van der Waals surface area contributed by atoms with Crippen LogP contribution in [0.1, 0.15) is 5.69 Å². The number of aryl methyl sites for hydroxylation is 1. The predicted molar refractivity (Wildman–Crippen MR) is 72.6 cm³/mol. The first-order valence-electron chi connectivity index (χ1n) is 5.95. The third-order valence-corrected chi connectivity index (χ3v) is 3.18. The monoisotopic (exact) mass is 295 g/mol. The topological polar surface area (TPSA) is 70.3 Å². The third-order valence-electron chi connectivity index (χ3n) is 2.90. The number of anilines is 1. The van der Waals surface area contributed by atoms with Gasteiger partial charge in [0.05, 0.1) is 10.7 Å². The summed E-state index contributed by atoms with van der Waals surface area (Å²) in [7, 11) is 0. The van der Waals surface area contributed by atoms with Gasteiger partial charge in [-0.15, -0.1) is 0 Å². The molecule has 0 saturated carbocycles. The van der Waals surface area contributed by atoms with Crippen molar-refractivity contribution in [2.45, 2.75) is 6.92 Å². The summed E-state index contributed by atoms with van der Waals surface area (Å²) in [6, 6.07) is 3.34. The fraction of sp³-hybridized carbons (Fsp3) is 0.231. The molecular formula is C13H11ClFN3O2. The van der Waals surface area contributed by atoms with Crippen LogP contribution in [0.4, 0.5) is 10.2 Å². The van der Waals surface area contributed by atoms with Crippen LogP contribution in [-0.2, 0) is 0 Å². The Labute approximate surface area is 119 Å². The fourth-order valence-corrected chi connectivity index (χ4v) is 2.22. The molecule has 1 aliphatic heterocycles. The van der Waals surface area contributed by atoms with Crippen molar-refractivity contribution in [1.82, 2.24) is 9.97 Å². The summed E-state index contributed by atoms with van der Waals surface area (Å²) >= 11 is 6.14. The zero-order valence-corrected chi connectivity index (χ0v) is 11.4. The molecule has 2 aromatic rings. The molecule has 0 fully saturated rings. The van der Waals surface area contributed by atoms with Gasteiger partial charge in [-0.25, -0.2) is 14.4 Å². The molecule has 20 heavy (non-hydrogen) atoms. The average Bonchev–Trinajstić information content (AvgIpc) is 2.44. The van der Waals surface area contributed by atoms with Gasteiger partial charge in [0.25, 0.3) is 0 Å². The van der Waals surface area contributed by atoms with Crippen LogP contribution in [0.2, 0.25) is 5.02 Å². The van der Waals surface area contributed by atoms with Crippen molar-refractivity contribution in [3.63, 3.8) is 0 Å². The lowest BCUT2D eigenvalue weighted by Gasteiger charge is -2.20. The van der Waals surface area contributed by atoms with Crippen molar-refractivity contribution in [3.05, 3.63) is 28.7 Å². The number of fused-ring (bicyclic) bond motifs is 1. The van der Waals surface area contributed by atoms with Crippen LogP contribution in [0.15, 0.2) is 12.1 Å². The Morgan fingerprint density at radius 3 is 2.75 bits per heavy atom. The summed E-state index contributed by atoms with van der Waals surface area (Å²) < 4.78 is 24.4. The first kappa shape index (κ1) is 12.9. The van der Waals surface area contributed by atoms with Crippen LogP contribution in [0.25, 0.3) is 11.4 Å². The predicted octanol–water partition coefficient (Wildman–Crippen LogP) is 2.60. The van der Waals surface area contributed by atoms with E-state index < -0.39 is 5.82 Å². The summed E-state index contributed by atoms with van der Waals surface area (Å²) in [4.78, 5) is 8.00. The van der Waals surface area contributed by atoms with E-state index in [2.05, 4.69) is 9.97 Å². The van der Waals surface area contributed by atoms with E-state index in [0.717, 1.165) is 0 Å². The molecule has 0 bridgehead atoms. The third kappa shape index (κ3) is 2.12. The Kier molecular flexibility index (Phi) is 3.10. The number of hydrogen-bond acceptors (Lipinski definition) is 5.